The van der Waals surface area contributed by atoms with Crippen molar-refractivity contribution in [1.29, 1.82) is 0 Å². The highest BCUT2D eigenvalue weighted by Crippen LogP contribution is 2.62. The van der Waals surface area contributed by atoms with Crippen LogP contribution in [0.25, 0.3) is 0 Å². The molecule has 2 saturated heterocycles. The number of fused-ring (bicyclic) bond motifs is 7. The highest BCUT2D eigenvalue weighted by Gasteiger charge is 2.54. The molecule has 0 aromatic heterocycles. The third-order valence-corrected chi connectivity index (χ3v) is 10.9. The average Bonchev–Trinajstić information content (AvgIpc) is 3.67. The second-order valence-electron chi connectivity index (χ2n) is 14.2. The van der Waals surface area contributed by atoms with Crippen LogP contribution in [0.3, 0.4) is 0 Å². The van der Waals surface area contributed by atoms with Crippen molar-refractivity contribution in [2.75, 3.05) is 13.4 Å². The minimum atomic E-state index is 0.250. The van der Waals surface area contributed by atoms with Crippen LogP contribution < -0.4 is 0 Å². The lowest BCUT2D eigenvalue weighted by Gasteiger charge is -2.36. The smallest absolute Gasteiger partial charge is 0.372 e. The minimum absolute atomic E-state index is 0.250. The number of rotatable bonds is 11. The monoisotopic (exact) mass is 520 g/mol. The first-order valence-electron chi connectivity index (χ1n) is 15.5. The molecule has 214 valence electrons. The van der Waals surface area contributed by atoms with Gasteiger partial charge in [0.1, 0.15) is 6.79 Å². The molecule has 2 aliphatic heterocycles. The zero-order valence-corrected chi connectivity index (χ0v) is 24.8. The molecule has 5 aliphatic rings. The Kier molecular flexibility index (Phi) is 11.7. The molecule has 8 unspecified atom stereocenters. The molecule has 2 heterocycles. The third kappa shape index (κ3) is 8.62. The third-order valence-electron chi connectivity index (χ3n) is 10.9. The van der Waals surface area contributed by atoms with Gasteiger partial charge in [-0.05, 0) is 98.2 Å². The van der Waals surface area contributed by atoms with Crippen LogP contribution in [0.15, 0.2) is 0 Å². The maximum Gasteiger partial charge on any atom is 0.373 e. The molecule has 0 amide bonds. The lowest BCUT2D eigenvalue weighted by Crippen LogP contribution is -2.28. The molecular weight excluding hydrogens is 464 g/mol. The molecule has 5 nitrogen and oxygen atoms in total. The van der Waals surface area contributed by atoms with Crippen molar-refractivity contribution in [2.45, 2.75) is 143 Å². The molecule has 4 bridgehead atoms. The van der Waals surface area contributed by atoms with E-state index in [9.17, 15) is 0 Å². The van der Waals surface area contributed by atoms with Gasteiger partial charge in [0.05, 0.1) is 18.3 Å². The normalized spacial score (nSPS) is 35.4. The quantitative estimate of drug-likeness (QED) is 0.205. The van der Waals surface area contributed by atoms with Crippen molar-refractivity contribution in [1.82, 2.24) is 0 Å². The first-order valence-corrected chi connectivity index (χ1v) is 15.5. The summed E-state index contributed by atoms with van der Waals surface area (Å²) in [4.78, 5) is 16.2. The van der Waals surface area contributed by atoms with Crippen molar-refractivity contribution < 1.29 is 23.8 Å². The molecule has 8 atom stereocenters. The van der Waals surface area contributed by atoms with Gasteiger partial charge in [0.25, 0.3) is 0 Å². The summed E-state index contributed by atoms with van der Waals surface area (Å²) in [6.07, 6.45) is 19.1. The Bertz CT molecular complexity index is 712. The molecule has 0 N–H and O–H groups in total. The van der Waals surface area contributed by atoms with Crippen LogP contribution in [0.1, 0.15) is 125 Å². The van der Waals surface area contributed by atoms with E-state index in [0.29, 0.717) is 29.8 Å². The molecule has 37 heavy (non-hydrogen) atoms. The van der Waals surface area contributed by atoms with Gasteiger partial charge < -0.3 is 14.2 Å². The summed E-state index contributed by atoms with van der Waals surface area (Å²) in [6, 6.07) is 0. The Balaban J connectivity index is 0.000000187. The molecule has 0 aromatic rings. The Morgan fingerprint density at radius 3 is 2.19 bits per heavy atom. The SMILES string of the molecule is CCC(C)(C)CC1CC2CC1C1CCCC21.CCC(C)(C)CCCOCOC1CC2CCC1O2.O=C=O. The van der Waals surface area contributed by atoms with Crippen molar-refractivity contribution in [3.8, 4) is 0 Å². The van der Waals surface area contributed by atoms with Gasteiger partial charge in [-0.25, -0.2) is 0 Å². The first kappa shape index (κ1) is 30.8. The standard InChI is InChI=1S/C16H28.C15H28O3.CO2/c1-4-16(2,3)10-12-8-11-9-15(12)14-7-5-6-13(11)14;1-4-15(2,3)8-5-9-16-11-17-14-10-12-6-7-13(14)18-12;2-1-3/h11-15H,4-10H2,1-3H3;12-14H,4-11H2,1-3H3;. The van der Waals surface area contributed by atoms with Crippen molar-refractivity contribution in [3.05, 3.63) is 0 Å². The number of hydrogen-bond donors (Lipinski definition) is 0. The summed E-state index contributed by atoms with van der Waals surface area (Å²) < 4.78 is 17.1. The van der Waals surface area contributed by atoms with E-state index in [1.54, 1.807) is 32.1 Å². The molecule has 5 fully saturated rings. The van der Waals surface area contributed by atoms with Gasteiger partial charge in [-0.1, -0.05) is 60.8 Å². The topological polar surface area (TPSA) is 61.8 Å². The van der Waals surface area contributed by atoms with E-state index in [0.717, 1.165) is 43.1 Å². The summed E-state index contributed by atoms with van der Waals surface area (Å²) in [5, 5.41) is 0. The number of ether oxygens (including phenoxy) is 3. The van der Waals surface area contributed by atoms with Crippen LogP contribution in [0.4, 0.5) is 0 Å². The molecular formula is C32H56O5. The van der Waals surface area contributed by atoms with Crippen LogP contribution >= 0.6 is 0 Å². The van der Waals surface area contributed by atoms with Gasteiger partial charge in [0.2, 0.25) is 0 Å². The second kappa shape index (κ2) is 14.1. The molecule has 3 aliphatic carbocycles. The van der Waals surface area contributed by atoms with Crippen molar-refractivity contribution in [2.24, 2.45) is 40.4 Å². The summed E-state index contributed by atoms with van der Waals surface area (Å²) in [5.41, 5.74) is 1.05. The summed E-state index contributed by atoms with van der Waals surface area (Å²) in [5.74, 6) is 5.72. The maximum atomic E-state index is 8.12. The van der Waals surface area contributed by atoms with Gasteiger partial charge in [0, 0.05) is 13.0 Å². The van der Waals surface area contributed by atoms with E-state index in [1.807, 2.05) is 0 Å². The summed E-state index contributed by atoms with van der Waals surface area (Å²) in [6.45, 7) is 15.4. The lowest BCUT2D eigenvalue weighted by atomic mass is 9.69. The first-order chi connectivity index (χ1) is 17.6. The van der Waals surface area contributed by atoms with E-state index >= 15 is 0 Å². The van der Waals surface area contributed by atoms with Gasteiger partial charge >= 0.3 is 6.15 Å². The molecule has 3 saturated carbocycles. The fraction of sp³-hybridized carbons (Fsp3) is 0.969. The predicted molar refractivity (Wildman–Crippen MR) is 146 cm³/mol. The second-order valence-corrected chi connectivity index (χ2v) is 14.2. The lowest BCUT2D eigenvalue weighted by molar-refractivity contribution is -0.191. The summed E-state index contributed by atoms with van der Waals surface area (Å²) in [7, 11) is 0. The predicted octanol–water partition coefficient (Wildman–Crippen LogP) is 7.81. The van der Waals surface area contributed by atoms with Crippen molar-refractivity contribution in [3.63, 3.8) is 0 Å². The molecule has 5 rings (SSSR count). The van der Waals surface area contributed by atoms with Crippen LogP contribution in [0.5, 0.6) is 0 Å². The molecule has 0 radical (unpaired) electrons. The van der Waals surface area contributed by atoms with Gasteiger partial charge in [0.15, 0.2) is 0 Å². The van der Waals surface area contributed by atoms with Gasteiger partial charge in [-0.15, -0.1) is 0 Å². The zero-order valence-electron chi connectivity index (χ0n) is 24.8. The van der Waals surface area contributed by atoms with E-state index < -0.39 is 0 Å². The van der Waals surface area contributed by atoms with Crippen LogP contribution in [0.2, 0.25) is 0 Å². The Morgan fingerprint density at radius 2 is 1.57 bits per heavy atom. The Morgan fingerprint density at radius 1 is 0.865 bits per heavy atom. The van der Waals surface area contributed by atoms with Crippen LogP contribution in [-0.2, 0) is 23.8 Å². The molecule has 0 spiro atoms. The van der Waals surface area contributed by atoms with Crippen molar-refractivity contribution >= 4 is 6.15 Å². The van der Waals surface area contributed by atoms with E-state index in [-0.39, 0.29) is 12.3 Å². The molecule has 0 aromatic carbocycles. The summed E-state index contributed by atoms with van der Waals surface area (Å²) >= 11 is 0. The van der Waals surface area contributed by atoms with Crippen LogP contribution in [0, 0.1) is 40.4 Å². The highest BCUT2D eigenvalue weighted by molar-refractivity contribution is 5.20. The van der Waals surface area contributed by atoms with E-state index in [4.69, 9.17) is 23.8 Å². The van der Waals surface area contributed by atoms with E-state index in [2.05, 4.69) is 41.5 Å². The highest BCUT2D eigenvalue weighted by atomic mass is 16.7. The minimum Gasteiger partial charge on any atom is -0.372 e. The Hall–Kier alpha value is -0.740. The fourth-order valence-corrected chi connectivity index (χ4v) is 8.09. The van der Waals surface area contributed by atoms with Gasteiger partial charge in [-0.3, -0.25) is 0 Å². The number of carbonyl (C=O) groups excluding carboxylic acids is 2. The average molecular weight is 521 g/mol. The molecule has 5 heteroatoms. The maximum absolute atomic E-state index is 8.12. The zero-order chi connectivity index (χ0) is 27.1. The van der Waals surface area contributed by atoms with Crippen LogP contribution in [-0.4, -0.2) is 37.9 Å². The number of hydrogen-bond acceptors (Lipinski definition) is 5. The fourth-order valence-electron chi connectivity index (χ4n) is 8.09. The Labute approximate surface area is 227 Å². The van der Waals surface area contributed by atoms with E-state index in [1.165, 1.54) is 44.4 Å². The largest absolute Gasteiger partial charge is 0.373 e. The van der Waals surface area contributed by atoms with Gasteiger partial charge in [-0.2, -0.15) is 9.59 Å².